The van der Waals surface area contributed by atoms with E-state index in [0.29, 0.717) is 6.42 Å². The van der Waals surface area contributed by atoms with Crippen LogP contribution in [0.15, 0.2) is 33.8 Å². The molecule has 0 unspecified atom stereocenters. The van der Waals surface area contributed by atoms with Gasteiger partial charge < -0.3 is 4.42 Å². The first-order valence-electron chi connectivity index (χ1n) is 5.44. The van der Waals surface area contributed by atoms with E-state index in [2.05, 4.69) is 13.8 Å². The molecule has 1 aliphatic rings. The van der Waals surface area contributed by atoms with Crippen LogP contribution in [0.25, 0.3) is 0 Å². The summed E-state index contributed by atoms with van der Waals surface area (Å²) in [5.41, 5.74) is 0.108. The molecule has 3 heteroatoms. The minimum Gasteiger partial charge on any atom is -0.468 e. The van der Waals surface area contributed by atoms with Crippen molar-refractivity contribution in [2.75, 3.05) is 0 Å². The minimum atomic E-state index is 0.108. The first-order valence-corrected chi connectivity index (χ1v) is 6.42. The van der Waals surface area contributed by atoms with Crippen LogP contribution in [0.4, 0.5) is 0 Å². The Kier molecular flexibility index (Phi) is 3.24. The fraction of sp³-hybridized carbons (Fsp3) is 0.462. The summed E-state index contributed by atoms with van der Waals surface area (Å²) in [4.78, 5) is 12.7. The van der Waals surface area contributed by atoms with Gasteiger partial charge in [-0.15, -0.1) is 11.8 Å². The van der Waals surface area contributed by atoms with E-state index in [1.807, 2.05) is 12.1 Å². The van der Waals surface area contributed by atoms with Crippen LogP contribution in [0.2, 0.25) is 0 Å². The highest BCUT2D eigenvalue weighted by Gasteiger charge is 2.27. The van der Waals surface area contributed by atoms with Crippen LogP contribution in [0.1, 0.15) is 32.4 Å². The summed E-state index contributed by atoms with van der Waals surface area (Å²) in [5, 5.41) is 0. The molecule has 1 aliphatic carbocycles. The van der Waals surface area contributed by atoms with E-state index < -0.39 is 0 Å². The molecule has 2 nitrogen and oxygen atoms in total. The monoisotopic (exact) mass is 236 g/mol. The number of hydrogen-bond acceptors (Lipinski definition) is 3. The highest BCUT2D eigenvalue weighted by atomic mass is 32.2. The summed E-state index contributed by atoms with van der Waals surface area (Å²) in [6.45, 7) is 4.29. The number of thioether (sulfide) groups is 1. The van der Waals surface area contributed by atoms with Crippen molar-refractivity contribution in [1.29, 1.82) is 0 Å². The van der Waals surface area contributed by atoms with Crippen molar-refractivity contribution in [3.05, 3.63) is 35.1 Å². The second kappa shape index (κ2) is 4.50. The first-order chi connectivity index (χ1) is 7.55. The predicted molar refractivity (Wildman–Crippen MR) is 66.1 cm³/mol. The third kappa shape index (κ3) is 3.01. The van der Waals surface area contributed by atoms with Crippen LogP contribution in [0, 0.1) is 5.41 Å². The molecule has 0 atom stereocenters. The van der Waals surface area contributed by atoms with Crippen molar-refractivity contribution >= 4 is 17.5 Å². The largest absolute Gasteiger partial charge is 0.468 e. The van der Waals surface area contributed by atoms with E-state index in [-0.39, 0.29) is 11.2 Å². The summed E-state index contributed by atoms with van der Waals surface area (Å²) < 4.78 is 5.27. The average molecular weight is 236 g/mol. The maximum Gasteiger partial charge on any atom is 0.157 e. The molecule has 2 rings (SSSR count). The van der Waals surface area contributed by atoms with Crippen molar-refractivity contribution in [3.63, 3.8) is 0 Å². The predicted octanol–water partition coefficient (Wildman–Crippen LogP) is 3.79. The van der Waals surface area contributed by atoms with Crippen molar-refractivity contribution in [1.82, 2.24) is 0 Å². The van der Waals surface area contributed by atoms with Crippen LogP contribution >= 0.6 is 11.8 Å². The Bertz CT molecular complexity index is 402. The lowest BCUT2D eigenvalue weighted by atomic mass is 9.80. The van der Waals surface area contributed by atoms with Gasteiger partial charge in [-0.3, -0.25) is 4.79 Å². The fourth-order valence-corrected chi connectivity index (χ4v) is 3.14. The molecular formula is C13H16O2S. The molecule has 1 aromatic heterocycles. The number of hydrogen-bond donors (Lipinski definition) is 0. The molecule has 0 N–H and O–H groups in total. The quantitative estimate of drug-likeness (QED) is 0.800. The van der Waals surface area contributed by atoms with Gasteiger partial charge in [-0.25, -0.2) is 0 Å². The Morgan fingerprint density at radius 3 is 2.88 bits per heavy atom. The zero-order valence-corrected chi connectivity index (χ0v) is 10.5. The smallest absolute Gasteiger partial charge is 0.157 e. The molecule has 0 aliphatic heterocycles. The molecule has 0 amide bonds. The summed E-state index contributed by atoms with van der Waals surface area (Å²) in [5.74, 6) is 2.02. The van der Waals surface area contributed by atoms with Crippen molar-refractivity contribution in [3.8, 4) is 0 Å². The van der Waals surface area contributed by atoms with Gasteiger partial charge in [0.2, 0.25) is 0 Å². The molecule has 0 bridgehead atoms. The van der Waals surface area contributed by atoms with Crippen molar-refractivity contribution in [2.24, 2.45) is 5.41 Å². The maximum absolute atomic E-state index is 11.5. The van der Waals surface area contributed by atoms with Gasteiger partial charge in [-0.2, -0.15) is 0 Å². The molecular weight excluding hydrogens is 220 g/mol. The molecule has 0 spiro atoms. The number of ketones is 1. The lowest BCUT2D eigenvalue weighted by Gasteiger charge is -2.28. The highest BCUT2D eigenvalue weighted by molar-refractivity contribution is 8.02. The highest BCUT2D eigenvalue weighted by Crippen LogP contribution is 2.39. The van der Waals surface area contributed by atoms with E-state index in [9.17, 15) is 4.79 Å². The molecule has 0 fully saturated rings. The maximum atomic E-state index is 11.5. The normalized spacial score (nSPS) is 19.6. The molecule has 0 saturated heterocycles. The average Bonchev–Trinajstić information content (AvgIpc) is 2.63. The second-order valence-corrected chi connectivity index (χ2v) is 6.06. The minimum absolute atomic E-state index is 0.108. The van der Waals surface area contributed by atoms with E-state index in [1.165, 1.54) is 4.91 Å². The molecule has 0 aromatic carbocycles. The number of allylic oxidation sites excluding steroid dienone is 2. The Hall–Kier alpha value is -0.960. The van der Waals surface area contributed by atoms with E-state index in [0.717, 1.165) is 17.9 Å². The third-order valence-corrected chi connectivity index (χ3v) is 3.67. The van der Waals surface area contributed by atoms with Gasteiger partial charge in [-0.1, -0.05) is 13.8 Å². The summed E-state index contributed by atoms with van der Waals surface area (Å²) in [6.07, 6.45) is 5.13. The van der Waals surface area contributed by atoms with Crippen molar-refractivity contribution in [2.45, 2.75) is 32.4 Å². The summed E-state index contributed by atoms with van der Waals surface area (Å²) in [7, 11) is 0. The summed E-state index contributed by atoms with van der Waals surface area (Å²) >= 11 is 1.71. The zero-order valence-electron chi connectivity index (χ0n) is 9.66. The third-order valence-electron chi connectivity index (χ3n) is 2.61. The Balaban J connectivity index is 1.97. The SMILES string of the molecule is CC1(C)CC(=O)C=C(SCc2ccco2)C1. The van der Waals surface area contributed by atoms with E-state index >= 15 is 0 Å². The molecule has 1 heterocycles. The van der Waals surface area contributed by atoms with Gasteiger partial charge in [0.25, 0.3) is 0 Å². The van der Waals surface area contributed by atoms with E-state index in [1.54, 1.807) is 24.1 Å². The number of carbonyl (C=O) groups is 1. The molecule has 0 saturated carbocycles. The number of furan rings is 1. The second-order valence-electron chi connectivity index (χ2n) is 4.96. The molecule has 1 aromatic rings. The Morgan fingerprint density at radius 1 is 1.44 bits per heavy atom. The lowest BCUT2D eigenvalue weighted by molar-refractivity contribution is -0.116. The van der Waals surface area contributed by atoms with Gasteiger partial charge >= 0.3 is 0 Å². The topological polar surface area (TPSA) is 30.2 Å². The Labute approximate surface area is 100 Å². The summed E-state index contributed by atoms with van der Waals surface area (Å²) in [6, 6.07) is 3.85. The van der Waals surface area contributed by atoms with E-state index in [4.69, 9.17) is 4.42 Å². The van der Waals surface area contributed by atoms with Gasteiger partial charge in [0.15, 0.2) is 5.78 Å². The van der Waals surface area contributed by atoms with Crippen LogP contribution in [-0.2, 0) is 10.5 Å². The van der Waals surface area contributed by atoms with Crippen LogP contribution in [-0.4, -0.2) is 5.78 Å². The standard InChI is InChI=1S/C13H16O2S/c1-13(2)7-10(14)6-12(8-13)16-9-11-4-3-5-15-11/h3-6H,7-9H2,1-2H3. The van der Waals surface area contributed by atoms with Gasteiger partial charge in [0, 0.05) is 6.42 Å². The molecule has 86 valence electrons. The van der Waals surface area contributed by atoms with Gasteiger partial charge in [0.1, 0.15) is 5.76 Å². The van der Waals surface area contributed by atoms with Crippen LogP contribution < -0.4 is 0 Å². The van der Waals surface area contributed by atoms with Gasteiger partial charge in [-0.05, 0) is 34.9 Å². The van der Waals surface area contributed by atoms with Crippen LogP contribution in [0.3, 0.4) is 0 Å². The van der Waals surface area contributed by atoms with Gasteiger partial charge in [0.05, 0.1) is 12.0 Å². The Morgan fingerprint density at radius 2 is 2.25 bits per heavy atom. The lowest BCUT2D eigenvalue weighted by Crippen LogP contribution is -2.20. The van der Waals surface area contributed by atoms with Crippen molar-refractivity contribution < 1.29 is 9.21 Å². The number of carbonyl (C=O) groups excluding carboxylic acids is 1. The molecule has 0 radical (unpaired) electrons. The molecule has 16 heavy (non-hydrogen) atoms. The first kappa shape index (κ1) is 11.5. The van der Waals surface area contributed by atoms with Crippen LogP contribution in [0.5, 0.6) is 0 Å². The zero-order chi connectivity index (χ0) is 11.6. The number of rotatable bonds is 3. The fourth-order valence-electron chi connectivity index (χ4n) is 1.94.